The van der Waals surface area contributed by atoms with Crippen molar-refractivity contribution in [3.05, 3.63) is 89.7 Å². The van der Waals surface area contributed by atoms with Crippen molar-refractivity contribution in [1.82, 2.24) is 15.0 Å². The van der Waals surface area contributed by atoms with Gasteiger partial charge in [-0.2, -0.15) is 0 Å². The number of ether oxygens (including phenoxy) is 1. The van der Waals surface area contributed by atoms with E-state index < -0.39 is 0 Å². The third-order valence-corrected chi connectivity index (χ3v) is 8.37. The topological polar surface area (TPSA) is 79.6 Å². The number of aromatic nitrogens is 2. The van der Waals surface area contributed by atoms with E-state index in [1.807, 2.05) is 42.6 Å². The summed E-state index contributed by atoms with van der Waals surface area (Å²) in [6.07, 6.45) is 12.5. The maximum absolute atomic E-state index is 10.9. The fourth-order valence-corrected chi connectivity index (χ4v) is 5.77. The number of pyridine rings is 1. The van der Waals surface area contributed by atoms with Crippen LogP contribution in [0.25, 0.3) is 11.0 Å². The van der Waals surface area contributed by atoms with E-state index in [2.05, 4.69) is 65.7 Å². The highest BCUT2D eigenvalue weighted by molar-refractivity contribution is 5.90. The van der Waals surface area contributed by atoms with Gasteiger partial charge in [0.25, 0.3) is 0 Å². The summed E-state index contributed by atoms with van der Waals surface area (Å²) in [6, 6.07) is 20.3. The largest absolute Gasteiger partial charge is 0.497 e. The van der Waals surface area contributed by atoms with Crippen LogP contribution in [-0.2, 0) is 13.0 Å². The highest BCUT2D eigenvalue weighted by Gasteiger charge is 2.32. The summed E-state index contributed by atoms with van der Waals surface area (Å²) in [5.41, 5.74) is 7.86. The second-order valence-electron chi connectivity index (χ2n) is 10.9. The zero-order chi connectivity index (χ0) is 30.4. The number of hydrogen-bond acceptors (Lipinski definition) is 6. The number of nitrogens with one attached hydrogen (secondary N) is 1. The Hall–Kier alpha value is -3.68. The minimum Gasteiger partial charge on any atom is -0.497 e. The third kappa shape index (κ3) is 8.66. The molecular weight excluding hydrogens is 524 g/mol. The van der Waals surface area contributed by atoms with Gasteiger partial charge in [0.15, 0.2) is 0 Å². The van der Waals surface area contributed by atoms with E-state index in [0.717, 1.165) is 43.7 Å². The number of carbonyl (C=O) groups is 1. The van der Waals surface area contributed by atoms with Crippen molar-refractivity contribution in [1.29, 1.82) is 0 Å². The van der Waals surface area contributed by atoms with Gasteiger partial charge in [0, 0.05) is 55.7 Å². The van der Waals surface area contributed by atoms with Crippen molar-refractivity contribution in [2.45, 2.75) is 65.8 Å². The van der Waals surface area contributed by atoms with E-state index in [0.29, 0.717) is 11.0 Å². The molecule has 0 spiro atoms. The number of aryl methyl sites for hydroxylation is 1. The summed E-state index contributed by atoms with van der Waals surface area (Å²) in [5, 5.41) is 8.55. The summed E-state index contributed by atoms with van der Waals surface area (Å²) >= 11 is 0. The molecule has 5 rings (SSSR count). The first-order valence-corrected chi connectivity index (χ1v) is 15.1. The lowest BCUT2D eigenvalue weighted by atomic mass is 9.73. The van der Waals surface area contributed by atoms with Gasteiger partial charge < -0.3 is 19.4 Å². The Balaban J connectivity index is 0.000000311. The number of carbonyl (C=O) groups excluding carboxylic acids is 1. The van der Waals surface area contributed by atoms with Gasteiger partial charge in [-0.25, -0.2) is 10.5 Å². The fourth-order valence-electron chi connectivity index (χ4n) is 5.77. The molecule has 2 aromatic carbocycles. The lowest BCUT2D eigenvalue weighted by molar-refractivity contribution is 0.112. The molecule has 1 fully saturated rings. The van der Waals surface area contributed by atoms with Crippen molar-refractivity contribution < 1.29 is 14.7 Å². The summed E-state index contributed by atoms with van der Waals surface area (Å²) in [4.78, 5) is 18.1. The van der Waals surface area contributed by atoms with Crippen LogP contribution in [0.4, 0.5) is 5.69 Å². The predicted molar refractivity (Wildman–Crippen MR) is 173 cm³/mol. The molecular formula is C35H48N4O3. The molecule has 0 atom stereocenters. The molecule has 1 aliphatic heterocycles. The molecule has 0 aliphatic carbocycles. The highest BCUT2D eigenvalue weighted by Crippen LogP contribution is 2.41. The monoisotopic (exact) mass is 572 g/mol. The average molecular weight is 573 g/mol. The Morgan fingerprint density at radius 3 is 2.17 bits per heavy atom. The highest BCUT2D eigenvalue weighted by atomic mass is 16.5. The first-order valence-electron chi connectivity index (χ1n) is 15.1. The van der Waals surface area contributed by atoms with Gasteiger partial charge in [-0.1, -0.05) is 70.0 Å². The van der Waals surface area contributed by atoms with E-state index in [-0.39, 0.29) is 0 Å². The van der Waals surface area contributed by atoms with Crippen molar-refractivity contribution in [3.63, 3.8) is 0 Å². The molecule has 0 unspecified atom stereocenters. The van der Waals surface area contributed by atoms with E-state index in [9.17, 15) is 4.79 Å². The number of hydrogen-bond donors (Lipinski definition) is 2. The standard InChI is InChI=1S/C25H31N3O.C9H12O.CH5NO/c1-3-11-25(4-2)12-16-27(17-13-25)23-9-14-26-24-22(23)10-15-28(24)18-20-5-7-21(19-29)8-6-20;1-3-8-4-6-9(10-2)7-5-8;1-2-3/h5-10,14-15,19H,3-4,11-13,16-18H2,1-2H3;4-7H,3H2,1-2H3;2-3H,1H3. The Morgan fingerprint density at radius 2 is 1.62 bits per heavy atom. The molecule has 7 nitrogen and oxygen atoms in total. The average Bonchev–Trinajstić information content (AvgIpc) is 3.45. The molecule has 0 saturated carbocycles. The molecule has 0 bridgehead atoms. The number of aldehydes is 1. The van der Waals surface area contributed by atoms with Crippen LogP contribution in [0.2, 0.25) is 0 Å². The summed E-state index contributed by atoms with van der Waals surface area (Å²) in [6.45, 7) is 9.83. The Labute approximate surface area is 251 Å². The van der Waals surface area contributed by atoms with E-state index in [4.69, 9.17) is 9.94 Å². The Kier molecular flexibility index (Phi) is 13.0. The molecule has 7 heteroatoms. The number of methoxy groups -OCH3 is 1. The number of hydroxylamine groups is 1. The molecule has 2 N–H and O–H groups in total. The number of nitrogens with zero attached hydrogens (tertiary/aromatic N) is 3. The van der Waals surface area contributed by atoms with E-state index in [1.54, 1.807) is 12.6 Å². The Morgan fingerprint density at radius 1 is 0.976 bits per heavy atom. The lowest BCUT2D eigenvalue weighted by Gasteiger charge is -2.42. The van der Waals surface area contributed by atoms with Crippen LogP contribution < -0.4 is 15.1 Å². The molecule has 3 heterocycles. The van der Waals surface area contributed by atoms with Gasteiger partial charge in [-0.05, 0) is 66.5 Å². The van der Waals surface area contributed by atoms with Crippen molar-refractivity contribution >= 4 is 23.0 Å². The molecule has 0 radical (unpaired) electrons. The zero-order valence-electron chi connectivity index (χ0n) is 26.0. The zero-order valence-corrected chi connectivity index (χ0v) is 26.0. The second kappa shape index (κ2) is 16.7. The molecule has 226 valence electrons. The summed E-state index contributed by atoms with van der Waals surface area (Å²) < 4.78 is 7.21. The van der Waals surface area contributed by atoms with Crippen LogP contribution in [0.3, 0.4) is 0 Å². The molecule has 1 saturated heterocycles. The quantitative estimate of drug-likeness (QED) is 0.159. The first kappa shape index (κ1) is 32.8. The lowest BCUT2D eigenvalue weighted by Crippen LogP contribution is -2.40. The molecule has 0 amide bonds. The molecule has 42 heavy (non-hydrogen) atoms. The summed E-state index contributed by atoms with van der Waals surface area (Å²) in [7, 11) is 3.11. The second-order valence-corrected chi connectivity index (χ2v) is 10.9. The third-order valence-electron chi connectivity index (χ3n) is 8.37. The molecule has 2 aromatic heterocycles. The van der Waals surface area contributed by atoms with Crippen LogP contribution >= 0.6 is 0 Å². The van der Waals surface area contributed by atoms with Crippen LogP contribution in [0.15, 0.2) is 73.1 Å². The van der Waals surface area contributed by atoms with Crippen LogP contribution in [0.1, 0.15) is 74.4 Å². The number of anilines is 1. The van der Waals surface area contributed by atoms with Gasteiger partial charge in [-0.15, -0.1) is 0 Å². The van der Waals surface area contributed by atoms with Gasteiger partial charge in [-0.3, -0.25) is 4.79 Å². The smallest absolute Gasteiger partial charge is 0.150 e. The minimum atomic E-state index is 0.539. The van der Waals surface area contributed by atoms with E-state index in [1.165, 1.54) is 61.4 Å². The maximum Gasteiger partial charge on any atom is 0.150 e. The Bertz CT molecular complexity index is 1320. The number of fused-ring (bicyclic) bond motifs is 1. The van der Waals surface area contributed by atoms with Gasteiger partial charge >= 0.3 is 0 Å². The van der Waals surface area contributed by atoms with Gasteiger partial charge in [0.05, 0.1) is 7.11 Å². The SMILES string of the molecule is CCCC1(CC)CCN(c2ccnc3c2ccn3Cc2ccc(C=O)cc2)CC1.CCc1ccc(OC)cc1.CNO. The van der Waals surface area contributed by atoms with Gasteiger partial charge in [0.2, 0.25) is 0 Å². The van der Waals surface area contributed by atoms with E-state index >= 15 is 0 Å². The van der Waals surface area contributed by atoms with Crippen LogP contribution in [0.5, 0.6) is 5.75 Å². The number of rotatable bonds is 9. The fraction of sp³-hybridized carbons (Fsp3) is 0.429. The number of benzene rings is 2. The van der Waals surface area contributed by atoms with Crippen molar-refractivity contribution in [2.75, 3.05) is 32.1 Å². The maximum atomic E-state index is 10.9. The van der Waals surface area contributed by atoms with Crippen LogP contribution in [0, 0.1) is 5.41 Å². The molecule has 1 aliphatic rings. The summed E-state index contributed by atoms with van der Waals surface area (Å²) in [5.74, 6) is 0.928. The predicted octanol–water partition coefficient (Wildman–Crippen LogP) is 7.55. The van der Waals surface area contributed by atoms with Gasteiger partial charge in [0.1, 0.15) is 17.7 Å². The normalized spacial score (nSPS) is 13.9. The van der Waals surface area contributed by atoms with Crippen molar-refractivity contribution in [2.24, 2.45) is 5.41 Å². The minimum absolute atomic E-state index is 0.539. The van der Waals surface area contributed by atoms with Crippen LogP contribution in [-0.4, -0.2) is 48.3 Å². The number of piperidine rings is 1. The first-order chi connectivity index (χ1) is 20.5. The molecule has 4 aromatic rings. The van der Waals surface area contributed by atoms with Crippen molar-refractivity contribution in [3.8, 4) is 5.75 Å².